The van der Waals surface area contributed by atoms with Crippen LogP contribution >= 0.6 is 24.8 Å². The van der Waals surface area contributed by atoms with E-state index >= 15 is 0 Å². The zero-order valence-corrected chi connectivity index (χ0v) is 15.3. The Labute approximate surface area is 153 Å². The number of hydrogen-bond acceptors (Lipinski definition) is 0. The maximum absolute atomic E-state index is 3.31. The monoisotopic (exact) mass is 382 g/mol. The molecule has 0 amide bonds. The Morgan fingerprint density at radius 2 is 1.70 bits per heavy atom. The van der Waals surface area contributed by atoms with Crippen LogP contribution in [0.4, 0.5) is 0 Å². The smallest absolute Gasteiger partial charge is 0.273 e. The standard InChI is InChI=1S/C12H11.C5H5.2ClH.Zr/c1-2-6-11(7-3-1)10-12-8-4-5-9-12;1-2-4-5-3-1;;;/h1-4,6-8H,5,10H2;1-3H,4H2;2*1H;/q2*-1;;;+2. The van der Waals surface area contributed by atoms with E-state index in [9.17, 15) is 0 Å². The van der Waals surface area contributed by atoms with E-state index in [-0.39, 0.29) is 51.0 Å². The van der Waals surface area contributed by atoms with E-state index in [4.69, 9.17) is 0 Å². The van der Waals surface area contributed by atoms with Crippen molar-refractivity contribution < 1.29 is 26.2 Å². The van der Waals surface area contributed by atoms with Gasteiger partial charge in [0.2, 0.25) is 0 Å². The molecular weight excluding hydrogens is 366 g/mol. The fourth-order valence-corrected chi connectivity index (χ4v) is 1.73. The zero-order chi connectivity index (χ0) is 11.8. The first-order valence-corrected chi connectivity index (χ1v) is 5.97. The van der Waals surface area contributed by atoms with E-state index in [0.717, 1.165) is 19.3 Å². The molecule has 0 aromatic heterocycles. The molecular formula is C17H18Cl2Zr. The van der Waals surface area contributed by atoms with Gasteiger partial charge in [0.25, 0.3) is 0 Å². The summed E-state index contributed by atoms with van der Waals surface area (Å²) in [6, 6.07) is 10.5. The van der Waals surface area contributed by atoms with Crippen LogP contribution < -0.4 is 0 Å². The van der Waals surface area contributed by atoms with Gasteiger partial charge in [-0.15, -0.1) is 37.7 Å². The van der Waals surface area contributed by atoms with Crippen LogP contribution in [0.3, 0.4) is 0 Å². The predicted molar refractivity (Wildman–Crippen MR) is 86.7 cm³/mol. The molecule has 0 bridgehead atoms. The molecule has 1 aromatic rings. The van der Waals surface area contributed by atoms with Crippen molar-refractivity contribution >= 4 is 24.8 Å². The summed E-state index contributed by atoms with van der Waals surface area (Å²) in [7, 11) is 0. The molecule has 0 spiro atoms. The van der Waals surface area contributed by atoms with Crippen molar-refractivity contribution in [3.8, 4) is 0 Å². The zero-order valence-electron chi connectivity index (χ0n) is 11.2. The van der Waals surface area contributed by atoms with Gasteiger partial charge in [-0.2, -0.15) is 12.2 Å². The number of hydrogen-bond donors (Lipinski definition) is 0. The van der Waals surface area contributed by atoms with Crippen molar-refractivity contribution in [3.05, 3.63) is 84.0 Å². The van der Waals surface area contributed by atoms with Gasteiger partial charge >= 0.3 is 26.2 Å². The minimum atomic E-state index is 0. The van der Waals surface area contributed by atoms with E-state index in [2.05, 4.69) is 54.6 Å². The third kappa shape index (κ3) is 8.74. The van der Waals surface area contributed by atoms with Crippen LogP contribution in [0.25, 0.3) is 0 Å². The maximum Gasteiger partial charge on any atom is 2.00 e. The number of halogens is 2. The summed E-state index contributed by atoms with van der Waals surface area (Å²) < 4.78 is 0. The molecule has 104 valence electrons. The van der Waals surface area contributed by atoms with Gasteiger partial charge in [-0.1, -0.05) is 30.3 Å². The molecule has 3 heteroatoms. The van der Waals surface area contributed by atoms with Gasteiger partial charge in [0.1, 0.15) is 0 Å². The first kappa shape index (κ1) is 21.9. The van der Waals surface area contributed by atoms with Gasteiger partial charge in [0.15, 0.2) is 0 Å². The topological polar surface area (TPSA) is 0 Å². The van der Waals surface area contributed by atoms with E-state index in [0.29, 0.717) is 0 Å². The van der Waals surface area contributed by atoms with Crippen LogP contribution in [0.2, 0.25) is 0 Å². The Morgan fingerprint density at radius 1 is 0.950 bits per heavy atom. The molecule has 0 heterocycles. The molecule has 0 saturated carbocycles. The molecule has 0 aliphatic heterocycles. The summed E-state index contributed by atoms with van der Waals surface area (Å²) in [5.74, 6) is 0. The van der Waals surface area contributed by atoms with Gasteiger partial charge < -0.3 is 0 Å². The number of rotatable bonds is 2. The van der Waals surface area contributed by atoms with Gasteiger partial charge in [0, 0.05) is 0 Å². The molecule has 20 heavy (non-hydrogen) atoms. The van der Waals surface area contributed by atoms with Crippen LogP contribution in [0.15, 0.2) is 66.3 Å². The predicted octanol–water partition coefficient (Wildman–Crippen LogP) is 5.07. The molecule has 3 rings (SSSR count). The fourth-order valence-electron chi connectivity index (χ4n) is 1.73. The SMILES string of the molecule is Cl.Cl.[C-]1=C(Cc2ccccc2)C=CC1.[C-]1=CC=CC1.[Zr+2]. The Hall–Kier alpha value is -0.357. The molecule has 0 fully saturated rings. The second kappa shape index (κ2) is 13.6. The van der Waals surface area contributed by atoms with Gasteiger partial charge in [-0.25, -0.2) is 23.8 Å². The van der Waals surface area contributed by atoms with Crippen molar-refractivity contribution in [1.82, 2.24) is 0 Å². The Bertz CT molecular complexity index is 449. The summed E-state index contributed by atoms with van der Waals surface area (Å²) in [4.78, 5) is 0. The van der Waals surface area contributed by atoms with Crippen LogP contribution in [0.5, 0.6) is 0 Å². The van der Waals surface area contributed by atoms with Gasteiger partial charge in [0.05, 0.1) is 0 Å². The third-order valence-corrected chi connectivity index (χ3v) is 2.59. The van der Waals surface area contributed by atoms with E-state index < -0.39 is 0 Å². The summed E-state index contributed by atoms with van der Waals surface area (Å²) in [6.45, 7) is 0. The van der Waals surface area contributed by atoms with Crippen LogP contribution in [0.1, 0.15) is 18.4 Å². The summed E-state index contributed by atoms with van der Waals surface area (Å²) >= 11 is 0. The third-order valence-electron chi connectivity index (χ3n) is 2.59. The first-order chi connectivity index (χ1) is 8.45. The Balaban J connectivity index is 0. The van der Waals surface area contributed by atoms with Crippen molar-refractivity contribution in [2.75, 3.05) is 0 Å². The minimum Gasteiger partial charge on any atom is -0.273 e. The van der Waals surface area contributed by atoms with Crippen LogP contribution in [-0.4, -0.2) is 0 Å². The van der Waals surface area contributed by atoms with E-state index in [1.807, 2.05) is 18.2 Å². The summed E-state index contributed by atoms with van der Waals surface area (Å²) in [5, 5.41) is 0. The van der Waals surface area contributed by atoms with Crippen molar-refractivity contribution in [1.29, 1.82) is 0 Å². The normalized spacial score (nSPS) is 13.3. The summed E-state index contributed by atoms with van der Waals surface area (Å²) in [5.41, 5.74) is 2.69. The fraction of sp³-hybridized carbons (Fsp3) is 0.176. The molecule has 1 aromatic carbocycles. The molecule has 0 N–H and O–H groups in total. The molecule has 0 unspecified atom stereocenters. The molecule has 0 nitrogen and oxygen atoms in total. The molecule has 0 radical (unpaired) electrons. The first-order valence-electron chi connectivity index (χ1n) is 5.97. The molecule has 0 saturated heterocycles. The molecule has 0 atom stereocenters. The number of benzene rings is 1. The average Bonchev–Trinajstić information content (AvgIpc) is 3.06. The Kier molecular flexibility index (Phi) is 14.9. The number of allylic oxidation sites excluding steroid dienone is 8. The molecule has 2 aliphatic carbocycles. The van der Waals surface area contributed by atoms with E-state index in [1.165, 1.54) is 11.1 Å². The van der Waals surface area contributed by atoms with Gasteiger partial charge in [-0.3, -0.25) is 12.2 Å². The van der Waals surface area contributed by atoms with Crippen LogP contribution in [-0.2, 0) is 32.6 Å². The molecule has 2 aliphatic rings. The Morgan fingerprint density at radius 3 is 2.15 bits per heavy atom. The average molecular weight is 384 g/mol. The van der Waals surface area contributed by atoms with Crippen molar-refractivity contribution in [3.63, 3.8) is 0 Å². The minimum absolute atomic E-state index is 0. The summed E-state index contributed by atoms with van der Waals surface area (Å²) in [6.07, 6.45) is 19.6. The van der Waals surface area contributed by atoms with E-state index in [1.54, 1.807) is 0 Å². The second-order valence-electron chi connectivity index (χ2n) is 3.97. The van der Waals surface area contributed by atoms with Crippen molar-refractivity contribution in [2.24, 2.45) is 0 Å². The maximum atomic E-state index is 3.31. The largest absolute Gasteiger partial charge is 2.00 e. The quantitative estimate of drug-likeness (QED) is 0.625. The second-order valence-corrected chi connectivity index (χ2v) is 3.97. The van der Waals surface area contributed by atoms with Gasteiger partial charge in [-0.05, 0) is 12.0 Å². The van der Waals surface area contributed by atoms with Crippen LogP contribution in [0, 0.1) is 12.2 Å². The van der Waals surface area contributed by atoms with Crippen molar-refractivity contribution in [2.45, 2.75) is 19.3 Å².